The summed E-state index contributed by atoms with van der Waals surface area (Å²) in [4.78, 5) is 0. The Bertz CT molecular complexity index is 1670. The van der Waals surface area contributed by atoms with Crippen LogP contribution in [0.4, 0.5) is 0 Å². The van der Waals surface area contributed by atoms with Crippen molar-refractivity contribution in [3.63, 3.8) is 0 Å². The predicted octanol–water partition coefficient (Wildman–Crippen LogP) is 9.24. The van der Waals surface area contributed by atoms with E-state index < -0.39 is 0 Å². The maximum Gasteiger partial charge on any atom is 0.139 e. The van der Waals surface area contributed by atoms with E-state index in [9.17, 15) is 0 Å². The standard InChI is InChI=1S/C34H28O/c1-33(2)27-13-7-8-15-31(27)35-32-24(12-9-14-28(32)33)23-16-17-25-26-18-21-10-5-6-11-22(21)19-30(26)34(3,4)29(25)20-23/h5-20H,1-4H3. The quantitative estimate of drug-likeness (QED) is 0.246. The van der Waals surface area contributed by atoms with Crippen LogP contribution < -0.4 is 4.74 Å². The molecule has 1 aliphatic carbocycles. The van der Waals surface area contributed by atoms with Crippen LogP contribution >= 0.6 is 0 Å². The minimum Gasteiger partial charge on any atom is -0.456 e. The number of hydrogen-bond donors (Lipinski definition) is 0. The number of hydrogen-bond acceptors (Lipinski definition) is 1. The second kappa shape index (κ2) is 6.86. The molecule has 0 spiro atoms. The van der Waals surface area contributed by atoms with Crippen molar-refractivity contribution in [1.82, 2.24) is 0 Å². The molecular formula is C34H28O. The van der Waals surface area contributed by atoms with Crippen LogP contribution in [0, 0.1) is 0 Å². The average Bonchev–Trinajstić information content (AvgIpc) is 3.08. The molecule has 0 radical (unpaired) electrons. The first-order valence-electron chi connectivity index (χ1n) is 12.4. The van der Waals surface area contributed by atoms with E-state index in [0.29, 0.717) is 0 Å². The van der Waals surface area contributed by atoms with Gasteiger partial charge in [0.25, 0.3) is 0 Å². The van der Waals surface area contributed by atoms with Crippen molar-refractivity contribution in [2.45, 2.75) is 38.5 Å². The molecule has 0 amide bonds. The third kappa shape index (κ3) is 2.76. The lowest BCUT2D eigenvalue weighted by Gasteiger charge is -2.35. The molecule has 35 heavy (non-hydrogen) atoms. The van der Waals surface area contributed by atoms with E-state index in [-0.39, 0.29) is 10.8 Å². The molecule has 5 aromatic rings. The highest BCUT2D eigenvalue weighted by Crippen LogP contribution is 2.54. The fraction of sp³-hybridized carbons (Fsp3) is 0.176. The number of fused-ring (bicyclic) bond motifs is 6. The lowest BCUT2D eigenvalue weighted by Crippen LogP contribution is -2.24. The fourth-order valence-electron chi connectivity index (χ4n) is 6.28. The molecule has 1 aliphatic heterocycles. The van der Waals surface area contributed by atoms with Gasteiger partial charge in [-0.2, -0.15) is 0 Å². The van der Waals surface area contributed by atoms with Crippen LogP contribution in [0.1, 0.15) is 49.9 Å². The summed E-state index contributed by atoms with van der Waals surface area (Å²) in [5, 5.41) is 2.60. The molecule has 170 valence electrons. The van der Waals surface area contributed by atoms with Gasteiger partial charge in [0.15, 0.2) is 0 Å². The highest BCUT2D eigenvalue weighted by Gasteiger charge is 2.38. The van der Waals surface area contributed by atoms with Gasteiger partial charge >= 0.3 is 0 Å². The molecule has 0 fully saturated rings. The van der Waals surface area contributed by atoms with Gasteiger partial charge < -0.3 is 4.74 Å². The minimum atomic E-state index is -0.119. The monoisotopic (exact) mass is 452 g/mol. The van der Waals surface area contributed by atoms with Crippen LogP contribution in [0.2, 0.25) is 0 Å². The molecule has 0 saturated carbocycles. The summed E-state index contributed by atoms with van der Waals surface area (Å²) < 4.78 is 6.58. The van der Waals surface area contributed by atoms with Crippen LogP contribution in [-0.4, -0.2) is 0 Å². The van der Waals surface area contributed by atoms with Gasteiger partial charge in [0.2, 0.25) is 0 Å². The number of rotatable bonds is 1. The molecule has 0 bridgehead atoms. The topological polar surface area (TPSA) is 9.23 Å². The van der Waals surface area contributed by atoms with E-state index in [1.54, 1.807) is 0 Å². The Labute approximate surface area is 207 Å². The third-order valence-corrected chi connectivity index (χ3v) is 8.31. The summed E-state index contributed by atoms with van der Waals surface area (Å²) >= 11 is 0. The number of ether oxygens (including phenoxy) is 1. The normalized spacial score (nSPS) is 16.1. The molecule has 0 N–H and O–H groups in total. The van der Waals surface area contributed by atoms with Crippen molar-refractivity contribution in [3.8, 4) is 33.8 Å². The Hall–Kier alpha value is -3.84. The maximum atomic E-state index is 6.58. The highest BCUT2D eigenvalue weighted by molar-refractivity contribution is 5.94. The molecule has 1 heterocycles. The highest BCUT2D eigenvalue weighted by atomic mass is 16.5. The molecule has 0 aromatic heterocycles. The van der Waals surface area contributed by atoms with Crippen molar-refractivity contribution in [2.75, 3.05) is 0 Å². The lowest BCUT2D eigenvalue weighted by molar-refractivity contribution is 0.419. The Balaban J connectivity index is 1.41. The summed E-state index contributed by atoms with van der Waals surface area (Å²) in [6.07, 6.45) is 0. The van der Waals surface area contributed by atoms with Crippen molar-refractivity contribution >= 4 is 10.8 Å². The first-order valence-corrected chi connectivity index (χ1v) is 12.4. The Morgan fingerprint density at radius 2 is 1.14 bits per heavy atom. The van der Waals surface area contributed by atoms with Gasteiger partial charge in [-0.05, 0) is 62.9 Å². The molecule has 0 saturated heterocycles. The van der Waals surface area contributed by atoms with E-state index in [1.807, 2.05) is 0 Å². The minimum absolute atomic E-state index is 0.0632. The van der Waals surface area contributed by atoms with Crippen LogP contribution in [0.5, 0.6) is 11.5 Å². The van der Waals surface area contributed by atoms with Gasteiger partial charge in [-0.3, -0.25) is 0 Å². The van der Waals surface area contributed by atoms with Crippen molar-refractivity contribution in [3.05, 3.63) is 119 Å². The van der Waals surface area contributed by atoms with Crippen LogP contribution in [0.3, 0.4) is 0 Å². The van der Waals surface area contributed by atoms with Gasteiger partial charge in [-0.1, -0.05) is 100 Å². The van der Waals surface area contributed by atoms with Crippen molar-refractivity contribution < 1.29 is 4.74 Å². The summed E-state index contributed by atoms with van der Waals surface area (Å²) in [6.45, 7) is 9.30. The maximum absolute atomic E-state index is 6.58. The zero-order valence-electron chi connectivity index (χ0n) is 20.6. The van der Waals surface area contributed by atoms with Gasteiger partial charge in [0.05, 0.1) is 0 Å². The van der Waals surface area contributed by atoms with E-state index in [0.717, 1.165) is 17.1 Å². The van der Waals surface area contributed by atoms with E-state index in [1.165, 1.54) is 49.7 Å². The van der Waals surface area contributed by atoms with E-state index >= 15 is 0 Å². The van der Waals surface area contributed by atoms with Gasteiger partial charge in [-0.25, -0.2) is 0 Å². The lowest BCUT2D eigenvalue weighted by atomic mass is 9.74. The molecule has 0 atom stereocenters. The van der Waals surface area contributed by atoms with Crippen LogP contribution in [0.15, 0.2) is 97.1 Å². The van der Waals surface area contributed by atoms with E-state index in [2.05, 4.69) is 125 Å². The molecule has 5 aromatic carbocycles. The average molecular weight is 453 g/mol. The number of benzene rings is 5. The first kappa shape index (κ1) is 20.5. The van der Waals surface area contributed by atoms with Crippen LogP contribution in [-0.2, 0) is 10.8 Å². The number of para-hydroxylation sites is 2. The Morgan fingerprint density at radius 1 is 0.486 bits per heavy atom. The Kier molecular flexibility index (Phi) is 4.02. The zero-order valence-corrected chi connectivity index (χ0v) is 20.6. The SMILES string of the molecule is CC1(C)c2cc(-c3cccc4c3Oc3ccccc3C4(C)C)ccc2-c2cc3ccccc3cc21. The van der Waals surface area contributed by atoms with Crippen molar-refractivity contribution in [1.29, 1.82) is 0 Å². The van der Waals surface area contributed by atoms with Gasteiger partial charge in [0, 0.05) is 27.5 Å². The summed E-state index contributed by atoms with van der Waals surface area (Å²) in [5.74, 6) is 1.94. The van der Waals surface area contributed by atoms with Crippen molar-refractivity contribution in [2.24, 2.45) is 0 Å². The second-order valence-electron chi connectivity index (χ2n) is 11.0. The summed E-state index contributed by atoms with van der Waals surface area (Å²) in [7, 11) is 0. The molecular weight excluding hydrogens is 424 g/mol. The predicted molar refractivity (Wildman–Crippen MR) is 146 cm³/mol. The third-order valence-electron chi connectivity index (χ3n) is 8.31. The van der Waals surface area contributed by atoms with E-state index in [4.69, 9.17) is 4.74 Å². The van der Waals surface area contributed by atoms with Gasteiger partial charge in [0.1, 0.15) is 11.5 Å². The smallest absolute Gasteiger partial charge is 0.139 e. The zero-order chi connectivity index (χ0) is 23.9. The second-order valence-corrected chi connectivity index (χ2v) is 11.0. The molecule has 7 rings (SSSR count). The van der Waals surface area contributed by atoms with Crippen LogP contribution in [0.25, 0.3) is 33.0 Å². The Morgan fingerprint density at radius 3 is 1.97 bits per heavy atom. The fourth-order valence-corrected chi connectivity index (χ4v) is 6.28. The summed E-state index contributed by atoms with van der Waals surface area (Å²) in [5.41, 5.74) is 10.2. The molecule has 1 heteroatoms. The van der Waals surface area contributed by atoms with Gasteiger partial charge in [-0.15, -0.1) is 0 Å². The summed E-state index contributed by atoms with van der Waals surface area (Å²) in [6, 6.07) is 35.4. The molecule has 2 aliphatic rings. The first-order chi connectivity index (χ1) is 16.9. The molecule has 1 nitrogen and oxygen atoms in total. The molecule has 0 unspecified atom stereocenters. The largest absolute Gasteiger partial charge is 0.456 e.